The molecular weight excluding hydrogens is 202 g/mol. The predicted molar refractivity (Wildman–Crippen MR) is 60.7 cm³/mol. The smallest absolute Gasteiger partial charge is 0.218 e. The molecule has 3 fully saturated rings. The van der Waals surface area contributed by atoms with Crippen molar-refractivity contribution >= 4 is 0 Å². The quantitative estimate of drug-likeness (QED) is 0.757. The van der Waals surface area contributed by atoms with Gasteiger partial charge in [0.25, 0.3) is 0 Å². The van der Waals surface area contributed by atoms with E-state index in [1.807, 2.05) is 6.07 Å². The van der Waals surface area contributed by atoms with Crippen molar-refractivity contribution in [1.82, 2.24) is 4.90 Å². The molecule has 86 valence electrons. The van der Waals surface area contributed by atoms with Gasteiger partial charge in [-0.2, -0.15) is 0 Å². The summed E-state index contributed by atoms with van der Waals surface area (Å²) in [5, 5.41) is 0. The first-order valence-corrected chi connectivity index (χ1v) is 5.76. The van der Waals surface area contributed by atoms with Gasteiger partial charge in [-0.1, -0.05) is 37.3 Å². The summed E-state index contributed by atoms with van der Waals surface area (Å²) < 4.78 is 11.3. The standard InChI is InChI=1S/C13H17NO2/c1-13-8-14(12(15-9-13)16-10-13)7-11-5-3-2-4-6-11/h2-6,12H,7-10H2,1H3. The number of fused-ring (bicyclic) bond motifs is 3. The summed E-state index contributed by atoms with van der Waals surface area (Å²) >= 11 is 0. The number of ether oxygens (including phenoxy) is 2. The molecule has 3 aliphatic heterocycles. The van der Waals surface area contributed by atoms with E-state index in [1.165, 1.54) is 5.56 Å². The lowest BCUT2D eigenvalue weighted by Crippen LogP contribution is -2.59. The summed E-state index contributed by atoms with van der Waals surface area (Å²) in [4.78, 5) is 2.27. The molecule has 3 heteroatoms. The lowest BCUT2D eigenvalue weighted by atomic mass is 9.89. The van der Waals surface area contributed by atoms with Gasteiger partial charge in [0.15, 0.2) is 0 Å². The van der Waals surface area contributed by atoms with E-state index in [-0.39, 0.29) is 11.8 Å². The van der Waals surface area contributed by atoms with Crippen LogP contribution in [0.5, 0.6) is 0 Å². The number of nitrogens with zero attached hydrogens (tertiary/aromatic N) is 1. The molecule has 0 atom stereocenters. The van der Waals surface area contributed by atoms with E-state index in [2.05, 4.69) is 36.1 Å². The van der Waals surface area contributed by atoms with Gasteiger partial charge in [0, 0.05) is 18.5 Å². The Labute approximate surface area is 96.0 Å². The third kappa shape index (κ3) is 1.86. The Balaban J connectivity index is 1.72. The van der Waals surface area contributed by atoms with Crippen LogP contribution in [0, 0.1) is 5.41 Å². The third-order valence-corrected chi connectivity index (χ3v) is 3.26. The lowest BCUT2D eigenvalue weighted by molar-refractivity contribution is -0.335. The number of hydrogen-bond donors (Lipinski definition) is 0. The van der Waals surface area contributed by atoms with Crippen LogP contribution in [0.3, 0.4) is 0 Å². The second-order valence-corrected chi connectivity index (χ2v) is 5.13. The van der Waals surface area contributed by atoms with E-state index >= 15 is 0 Å². The molecule has 0 unspecified atom stereocenters. The van der Waals surface area contributed by atoms with Crippen LogP contribution in [-0.4, -0.2) is 31.1 Å². The normalized spacial score (nSPS) is 34.2. The minimum atomic E-state index is -0.137. The van der Waals surface area contributed by atoms with Crippen molar-refractivity contribution in [2.24, 2.45) is 5.41 Å². The molecule has 0 aromatic heterocycles. The topological polar surface area (TPSA) is 21.7 Å². The fraction of sp³-hybridized carbons (Fsp3) is 0.538. The summed E-state index contributed by atoms with van der Waals surface area (Å²) in [5.41, 5.74) is 1.48. The van der Waals surface area contributed by atoms with Crippen molar-refractivity contribution in [2.75, 3.05) is 19.8 Å². The SMILES string of the molecule is CC12COC(OC1)N(Cc1ccccc1)C2. The molecular formula is C13H17NO2. The molecule has 0 N–H and O–H groups in total. The van der Waals surface area contributed by atoms with Gasteiger partial charge in [0.2, 0.25) is 6.41 Å². The van der Waals surface area contributed by atoms with Gasteiger partial charge in [0.05, 0.1) is 13.2 Å². The van der Waals surface area contributed by atoms with Gasteiger partial charge in [0.1, 0.15) is 0 Å². The predicted octanol–water partition coefficient (Wildman–Crippen LogP) is 1.84. The fourth-order valence-electron chi connectivity index (χ4n) is 2.45. The summed E-state index contributed by atoms with van der Waals surface area (Å²) in [5.74, 6) is 0. The molecule has 3 saturated heterocycles. The molecule has 4 rings (SSSR count). The van der Waals surface area contributed by atoms with E-state index in [9.17, 15) is 0 Å². The maximum absolute atomic E-state index is 5.67. The van der Waals surface area contributed by atoms with E-state index in [0.29, 0.717) is 0 Å². The summed E-state index contributed by atoms with van der Waals surface area (Å²) in [6, 6.07) is 10.5. The Bertz CT molecular complexity index is 357. The summed E-state index contributed by atoms with van der Waals surface area (Å²) in [7, 11) is 0. The van der Waals surface area contributed by atoms with Crippen molar-refractivity contribution < 1.29 is 9.47 Å². The highest BCUT2D eigenvalue weighted by Crippen LogP contribution is 2.34. The van der Waals surface area contributed by atoms with Crippen LogP contribution < -0.4 is 0 Å². The van der Waals surface area contributed by atoms with Crippen molar-refractivity contribution in [1.29, 1.82) is 0 Å². The first-order valence-electron chi connectivity index (χ1n) is 5.76. The maximum atomic E-state index is 5.67. The van der Waals surface area contributed by atoms with Gasteiger partial charge < -0.3 is 9.47 Å². The van der Waals surface area contributed by atoms with Crippen molar-refractivity contribution in [3.8, 4) is 0 Å². The molecule has 0 spiro atoms. The van der Waals surface area contributed by atoms with Crippen LogP contribution >= 0.6 is 0 Å². The molecule has 0 amide bonds. The third-order valence-electron chi connectivity index (χ3n) is 3.26. The molecule has 0 aliphatic carbocycles. The van der Waals surface area contributed by atoms with Crippen LogP contribution in [0.1, 0.15) is 12.5 Å². The summed E-state index contributed by atoms with van der Waals surface area (Å²) in [6.45, 7) is 5.83. The van der Waals surface area contributed by atoms with Crippen LogP contribution in [0.15, 0.2) is 30.3 Å². The Morgan fingerprint density at radius 1 is 1.25 bits per heavy atom. The minimum absolute atomic E-state index is 0.137. The highest BCUT2D eigenvalue weighted by atomic mass is 16.7. The monoisotopic (exact) mass is 219 g/mol. The number of rotatable bonds is 2. The van der Waals surface area contributed by atoms with E-state index in [4.69, 9.17) is 9.47 Å². The van der Waals surface area contributed by atoms with E-state index < -0.39 is 0 Å². The zero-order chi connectivity index (χ0) is 11.0. The molecule has 2 bridgehead atoms. The molecule has 1 aromatic carbocycles. The molecule has 3 heterocycles. The summed E-state index contributed by atoms with van der Waals surface area (Å²) in [6.07, 6.45) is -0.137. The molecule has 1 aromatic rings. The number of benzene rings is 1. The largest absolute Gasteiger partial charge is 0.339 e. The zero-order valence-corrected chi connectivity index (χ0v) is 9.56. The van der Waals surface area contributed by atoms with Crippen LogP contribution in [-0.2, 0) is 16.0 Å². The molecule has 0 saturated carbocycles. The Morgan fingerprint density at radius 2 is 1.94 bits per heavy atom. The van der Waals surface area contributed by atoms with Gasteiger partial charge in [-0.25, -0.2) is 0 Å². The average Bonchev–Trinajstić information content (AvgIpc) is 2.30. The Kier molecular flexibility index (Phi) is 2.46. The zero-order valence-electron chi connectivity index (χ0n) is 9.56. The number of hydrogen-bond acceptors (Lipinski definition) is 3. The second kappa shape index (κ2) is 3.84. The molecule has 16 heavy (non-hydrogen) atoms. The first kappa shape index (κ1) is 10.3. The van der Waals surface area contributed by atoms with E-state index in [0.717, 1.165) is 26.3 Å². The van der Waals surface area contributed by atoms with Gasteiger partial charge in [-0.15, -0.1) is 0 Å². The van der Waals surface area contributed by atoms with E-state index in [1.54, 1.807) is 0 Å². The molecule has 3 nitrogen and oxygen atoms in total. The van der Waals surface area contributed by atoms with Crippen molar-refractivity contribution in [2.45, 2.75) is 19.9 Å². The minimum Gasteiger partial charge on any atom is -0.339 e. The van der Waals surface area contributed by atoms with Crippen LogP contribution in [0.4, 0.5) is 0 Å². The Morgan fingerprint density at radius 3 is 2.56 bits per heavy atom. The van der Waals surface area contributed by atoms with Crippen LogP contribution in [0.25, 0.3) is 0 Å². The van der Waals surface area contributed by atoms with Gasteiger partial charge in [-0.3, -0.25) is 4.90 Å². The highest BCUT2D eigenvalue weighted by Gasteiger charge is 2.43. The molecule has 0 radical (unpaired) electrons. The second-order valence-electron chi connectivity index (χ2n) is 5.13. The molecule has 3 aliphatic rings. The Hall–Kier alpha value is -0.900. The van der Waals surface area contributed by atoms with Gasteiger partial charge in [-0.05, 0) is 5.56 Å². The van der Waals surface area contributed by atoms with Crippen molar-refractivity contribution in [3.63, 3.8) is 0 Å². The fourth-order valence-corrected chi connectivity index (χ4v) is 2.45. The average molecular weight is 219 g/mol. The van der Waals surface area contributed by atoms with Crippen molar-refractivity contribution in [3.05, 3.63) is 35.9 Å². The first-order chi connectivity index (χ1) is 7.75. The highest BCUT2D eigenvalue weighted by molar-refractivity contribution is 5.14. The lowest BCUT2D eigenvalue weighted by Gasteiger charge is -2.50. The maximum Gasteiger partial charge on any atom is 0.218 e. The van der Waals surface area contributed by atoms with Gasteiger partial charge >= 0.3 is 0 Å². The van der Waals surface area contributed by atoms with Crippen LogP contribution in [0.2, 0.25) is 0 Å².